The van der Waals surface area contributed by atoms with Gasteiger partial charge >= 0.3 is 0 Å². The van der Waals surface area contributed by atoms with Crippen molar-refractivity contribution in [1.29, 1.82) is 0 Å². The summed E-state index contributed by atoms with van der Waals surface area (Å²) < 4.78 is 1.77. The molecule has 6 heteroatoms. The lowest BCUT2D eigenvalue weighted by Crippen LogP contribution is -2.14. The Morgan fingerprint density at radius 2 is 1.93 bits per heavy atom. The average molecular weight is 383 g/mol. The Morgan fingerprint density at radius 1 is 1.15 bits per heavy atom. The molecule has 0 aliphatic carbocycles. The van der Waals surface area contributed by atoms with E-state index in [1.165, 1.54) is 0 Å². The number of hydrogen-bond donors (Lipinski definition) is 2. The van der Waals surface area contributed by atoms with Gasteiger partial charge in [0, 0.05) is 31.2 Å². The summed E-state index contributed by atoms with van der Waals surface area (Å²) >= 11 is 6.12. The lowest BCUT2D eigenvalue weighted by molar-refractivity contribution is -0.116. The number of carbonyl (C=O) groups is 1. The SMILES string of the molecule is Cc1nn(C)cc1CCC(=O)Nc1cc(Cl)ccc1NCc1ccccc1. The number of nitrogens with one attached hydrogen (secondary N) is 2. The highest BCUT2D eigenvalue weighted by Crippen LogP contribution is 2.26. The first-order valence-corrected chi connectivity index (χ1v) is 9.25. The number of amides is 1. The lowest BCUT2D eigenvalue weighted by Gasteiger charge is -2.14. The van der Waals surface area contributed by atoms with Crippen LogP contribution in [0.5, 0.6) is 0 Å². The molecule has 1 amide bonds. The Hall–Kier alpha value is -2.79. The minimum Gasteiger partial charge on any atom is -0.379 e. The number of halogens is 1. The maximum Gasteiger partial charge on any atom is 0.224 e. The van der Waals surface area contributed by atoms with Gasteiger partial charge in [0.25, 0.3) is 0 Å². The highest BCUT2D eigenvalue weighted by Gasteiger charge is 2.10. The van der Waals surface area contributed by atoms with Crippen molar-refractivity contribution in [1.82, 2.24) is 9.78 Å². The van der Waals surface area contributed by atoms with Gasteiger partial charge in [-0.3, -0.25) is 9.48 Å². The summed E-state index contributed by atoms with van der Waals surface area (Å²) in [6.45, 7) is 2.62. The van der Waals surface area contributed by atoms with Crippen molar-refractivity contribution in [3.05, 3.63) is 76.6 Å². The zero-order chi connectivity index (χ0) is 19.2. The molecule has 0 radical (unpaired) electrons. The molecular weight excluding hydrogens is 360 g/mol. The second kappa shape index (κ2) is 8.73. The fourth-order valence-electron chi connectivity index (χ4n) is 2.92. The van der Waals surface area contributed by atoms with Crippen LogP contribution in [0, 0.1) is 6.92 Å². The van der Waals surface area contributed by atoms with Crippen LogP contribution in [-0.4, -0.2) is 15.7 Å². The minimum absolute atomic E-state index is 0.0525. The molecule has 2 aromatic carbocycles. The van der Waals surface area contributed by atoms with E-state index in [0.717, 1.165) is 22.5 Å². The van der Waals surface area contributed by atoms with E-state index in [-0.39, 0.29) is 5.91 Å². The monoisotopic (exact) mass is 382 g/mol. The summed E-state index contributed by atoms with van der Waals surface area (Å²) in [4.78, 5) is 12.4. The topological polar surface area (TPSA) is 59.0 Å². The Bertz CT molecular complexity index is 921. The highest BCUT2D eigenvalue weighted by molar-refractivity contribution is 6.31. The van der Waals surface area contributed by atoms with Gasteiger partial charge < -0.3 is 10.6 Å². The molecule has 0 fully saturated rings. The average Bonchev–Trinajstić information content (AvgIpc) is 2.97. The van der Waals surface area contributed by atoms with Crippen LogP contribution in [0.4, 0.5) is 11.4 Å². The molecular formula is C21H23ClN4O. The molecule has 27 heavy (non-hydrogen) atoms. The first-order chi connectivity index (χ1) is 13.0. The van der Waals surface area contributed by atoms with E-state index in [4.69, 9.17) is 11.6 Å². The number of anilines is 2. The van der Waals surface area contributed by atoms with E-state index in [1.807, 2.05) is 50.5 Å². The van der Waals surface area contributed by atoms with E-state index < -0.39 is 0 Å². The van der Waals surface area contributed by atoms with Gasteiger partial charge in [-0.05, 0) is 42.7 Å². The van der Waals surface area contributed by atoms with E-state index >= 15 is 0 Å². The Morgan fingerprint density at radius 3 is 2.63 bits per heavy atom. The number of carbonyl (C=O) groups excluding carboxylic acids is 1. The third-order valence-corrected chi connectivity index (χ3v) is 4.55. The third kappa shape index (κ3) is 5.34. The van der Waals surface area contributed by atoms with Crippen LogP contribution < -0.4 is 10.6 Å². The zero-order valence-electron chi connectivity index (χ0n) is 15.5. The van der Waals surface area contributed by atoms with Crippen molar-refractivity contribution in [2.75, 3.05) is 10.6 Å². The molecule has 0 bridgehead atoms. The lowest BCUT2D eigenvalue weighted by atomic mass is 10.1. The molecule has 0 atom stereocenters. The van der Waals surface area contributed by atoms with Crippen LogP contribution in [0.1, 0.15) is 23.2 Å². The largest absolute Gasteiger partial charge is 0.379 e. The van der Waals surface area contributed by atoms with Crippen molar-refractivity contribution in [2.24, 2.45) is 7.05 Å². The molecule has 0 saturated carbocycles. The van der Waals surface area contributed by atoms with Gasteiger partial charge in [0.05, 0.1) is 17.1 Å². The maximum atomic E-state index is 12.4. The zero-order valence-corrected chi connectivity index (χ0v) is 16.3. The second-order valence-electron chi connectivity index (χ2n) is 6.49. The molecule has 1 aromatic heterocycles. The van der Waals surface area contributed by atoms with Crippen LogP contribution in [0.15, 0.2) is 54.7 Å². The number of aromatic nitrogens is 2. The van der Waals surface area contributed by atoms with Crippen molar-refractivity contribution in [3.63, 3.8) is 0 Å². The van der Waals surface area contributed by atoms with Crippen molar-refractivity contribution >= 4 is 28.9 Å². The Kier molecular flexibility index (Phi) is 6.14. The van der Waals surface area contributed by atoms with Crippen LogP contribution in [0.3, 0.4) is 0 Å². The summed E-state index contributed by atoms with van der Waals surface area (Å²) in [6.07, 6.45) is 2.99. The summed E-state index contributed by atoms with van der Waals surface area (Å²) in [5.74, 6) is -0.0525. The second-order valence-corrected chi connectivity index (χ2v) is 6.93. The molecule has 2 N–H and O–H groups in total. The quantitative estimate of drug-likeness (QED) is 0.629. The number of rotatable bonds is 7. The summed E-state index contributed by atoms with van der Waals surface area (Å²) in [5, 5.41) is 11.2. The van der Waals surface area contributed by atoms with Crippen molar-refractivity contribution in [3.8, 4) is 0 Å². The normalized spacial score (nSPS) is 10.6. The Balaban J connectivity index is 1.63. The summed E-state index contributed by atoms with van der Waals surface area (Å²) in [6, 6.07) is 15.6. The molecule has 3 aromatic rings. The van der Waals surface area contributed by atoms with Gasteiger partial charge in [-0.1, -0.05) is 41.9 Å². The Labute approximate surface area is 164 Å². The highest BCUT2D eigenvalue weighted by atomic mass is 35.5. The van der Waals surface area contributed by atoms with Crippen LogP contribution >= 0.6 is 11.6 Å². The van der Waals surface area contributed by atoms with Gasteiger partial charge in [0.15, 0.2) is 0 Å². The molecule has 0 aliphatic heterocycles. The van der Waals surface area contributed by atoms with E-state index in [9.17, 15) is 4.79 Å². The first-order valence-electron chi connectivity index (χ1n) is 8.87. The smallest absolute Gasteiger partial charge is 0.224 e. The van der Waals surface area contributed by atoms with Crippen LogP contribution in [0.2, 0.25) is 5.02 Å². The molecule has 0 saturated heterocycles. The molecule has 0 spiro atoms. The number of hydrogen-bond acceptors (Lipinski definition) is 3. The number of nitrogens with zero attached hydrogens (tertiary/aromatic N) is 2. The summed E-state index contributed by atoms with van der Waals surface area (Å²) in [7, 11) is 1.88. The first kappa shape index (κ1) is 19.0. The van der Waals surface area contributed by atoms with Crippen molar-refractivity contribution < 1.29 is 4.79 Å². The summed E-state index contributed by atoms with van der Waals surface area (Å²) in [5.41, 5.74) is 4.73. The van der Waals surface area contributed by atoms with Crippen LogP contribution in [-0.2, 0) is 24.8 Å². The number of aryl methyl sites for hydroxylation is 3. The maximum absolute atomic E-state index is 12.4. The standard InChI is InChI=1S/C21H23ClN4O/c1-15-17(14-26(2)25-15)8-11-21(27)24-20-12-18(22)9-10-19(20)23-13-16-6-4-3-5-7-16/h3-7,9-10,12,14,23H,8,11,13H2,1-2H3,(H,24,27). The van der Waals surface area contributed by atoms with Crippen LogP contribution in [0.25, 0.3) is 0 Å². The van der Waals surface area contributed by atoms with Crippen molar-refractivity contribution in [2.45, 2.75) is 26.3 Å². The predicted octanol–water partition coefficient (Wildman–Crippen LogP) is 4.57. The molecule has 140 valence electrons. The third-order valence-electron chi connectivity index (χ3n) is 4.32. The van der Waals surface area contributed by atoms with Gasteiger partial charge in [-0.2, -0.15) is 5.10 Å². The van der Waals surface area contributed by atoms with Gasteiger partial charge in [-0.25, -0.2) is 0 Å². The fourth-order valence-corrected chi connectivity index (χ4v) is 3.09. The fraction of sp³-hybridized carbons (Fsp3) is 0.238. The molecule has 0 unspecified atom stereocenters. The van der Waals surface area contributed by atoms with Gasteiger partial charge in [-0.15, -0.1) is 0 Å². The van der Waals surface area contributed by atoms with Gasteiger partial charge in [0.2, 0.25) is 5.91 Å². The van der Waals surface area contributed by atoms with Gasteiger partial charge in [0.1, 0.15) is 0 Å². The molecule has 0 aliphatic rings. The molecule has 1 heterocycles. The molecule has 5 nitrogen and oxygen atoms in total. The molecule has 3 rings (SSSR count). The number of benzene rings is 2. The van der Waals surface area contributed by atoms with E-state index in [0.29, 0.717) is 30.1 Å². The minimum atomic E-state index is -0.0525. The van der Waals surface area contributed by atoms with E-state index in [2.05, 4.69) is 27.9 Å². The predicted molar refractivity (Wildman–Crippen MR) is 110 cm³/mol. The van der Waals surface area contributed by atoms with E-state index in [1.54, 1.807) is 10.7 Å².